The van der Waals surface area contributed by atoms with E-state index < -0.39 is 11.9 Å². The highest BCUT2D eigenvalue weighted by atomic mass is 79.9. The molecule has 0 heterocycles. The molecule has 0 radical (unpaired) electrons. The quantitative estimate of drug-likeness (QED) is 0.775. The molecule has 0 fully saturated rings. The van der Waals surface area contributed by atoms with Crippen LogP contribution >= 0.6 is 28.3 Å². The number of hydrogen-bond acceptors (Lipinski definition) is 3. The van der Waals surface area contributed by atoms with Crippen molar-refractivity contribution in [3.8, 4) is 5.75 Å². The zero-order chi connectivity index (χ0) is 10.0. The molecule has 1 rings (SSSR count). The molecular weight excluding hydrogens is 276 g/mol. The van der Waals surface area contributed by atoms with Crippen molar-refractivity contribution in [3.63, 3.8) is 0 Å². The van der Waals surface area contributed by atoms with Gasteiger partial charge in [0.2, 0.25) is 0 Å². The number of phenolic OH excluding ortho intramolecular Hbond substituents is 1. The van der Waals surface area contributed by atoms with Gasteiger partial charge in [-0.1, -0.05) is 0 Å². The molecule has 0 saturated carbocycles. The van der Waals surface area contributed by atoms with Gasteiger partial charge in [-0.25, -0.2) is 4.39 Å². The number of aliphatic hydroxyl groups is 1. The molecule has 1 atom stereocenters. The summed E-state index contributed by atoms with van der Waals surface area (Å²) < 4.78 is 13.1. The molecular formula is C8H10BrClFNO2. The molecule has 0 unspecified atom stereocenters. The van der Waals surface area contributed by atoms with E-state index in [0.717, 1.165) is 12.1 Å². The number of aliphatic hydroxyl groups excluding tert-OH is 1. The summed E-state index contributed by atoms with van der Waals surface area (Å²) in [6.45, 7) is -0.344. The lowest BCUT2D eigenvalue weighted by Gasteiger charge is -2.11. The first-order chi connectivity index (χ1) is 6.06. The average Bonchev–Trinajstić information content (AvgIpc) is 2.10. The van der Waals surface area contributed by atoms with Crippen LogP contribution in [0.25, 0.3) is 0 Å². The summed E-state index contributed by atoms with van der Waals surface area (Å²) in [4.78, 5) is 0. The molecule has 0 aliphatic heterocycles. The number of halogens is 3. The number of aromatic hydroxyl groups is 1. The van der Waals surface area contributed by atoms with Crippen molar-refractivity contribution >= 4 is 28.3 Å². The third-order valence-electron chi connectivity index (χ3n) is 1.65. The first-order valence-corrected chi connectivity index (χ1v) is 4.40. The Morgan fingerprint density at radius 1 is 1.50 bits per heavy atom. The highest BCUT2D eigenvalue weighted by Crippen LogP contribution is 2.31. The molecule has 4 N–H and O–H groups in total. The molecule has 0 saturated heterocycles. The van der Waals surface area contributed by atoms with Gasteiger partial charge in [-0.15, -0.1) is 12.4 Å². The minimum Gasteiger partial charge on any atom is -0.506 e. The molecule has 3 nitrogen and oxygen atoms in total. The summed E-state index contributed by atoms with van der Waals surface area (Å²) in [6.07, 6.45) is 0. The molecule has 0 aromatic heterocycles. The predicted molar refractivity (Wildman–Crippen MR) is 57.0 cm³/mol. The Kier molecular flexibility index (Phi) is 5.36. The molecule has 0 amide bonds. The Labute approximate surface area is 95.3 Å². The van der Waals surface area contributed by atoms with Crippen LogP contribution in [-0.2, 0) is 0 Å². The van der Waals surface area contributed by atoms with Crippen molar-refractivity contribution in [1.29, 1.82) is 0 Å². The van der Waals surface area contributed by atoms with Gasteiger partial charge in [0.05, 0.1) is 17.1 Å². The van der Waals surface area contributed by atoms with Crippen molar-refractivity contribution < 1.29 is 14.6 Å². The van der Waals surface area contributed by atoms with E-state index >= 15 is 0 Å². The topological polar surface area (TPSA) is 66.5 Å². The summed E-state index contributed by atoms with van der Waals surface area (Å²) in [6, 6.07) is 1.45. The standard InChI is InChI=1S/C8H9BrFNO2.ClH/c9-6-2-4(10)1-5(8(6)13)7(11)3-12;/h1-2,7,12-13H,3,11H2;1H/t7-;/m0./s1. The minimum absolute atomic E-state index is 0. The van der Waals surface area contributed by atoms with Crippen LogP contribution in [0, 0.1) is 5.82 Å². The molecule has 0 bridgehead atoms. The highest BCUT2D eigenvalue weighted by molar-refractivity contribution is 9.10. The van der Waals surface area contributed by atoms with Crippen LogP contribution in [0.15, 0.2) is 16.6 Å². The first kappa shape index (κ1) is 13.6. The molecule has 1 aromatic carbocycles. The maximum absolute atomic E-state index is 12.8. The minimum atomic E-state index is -0.771. The fourth-order valence-corrected chi connectivity index (χ4v) is 1.41. The van der Waals surface area contributed by atoms with Crippen LogP contribution in [0.5, 0.6) is 5.75 Å². The summed E-state index contributed by atoms with van der Waals surface area (Å²) in [5, 5.41) is 18.1. The maximum atomic E-state index is 12.8. The second-order valence-corrected chi connectivity index (χ2v) is 3.47. The second kappa shape index (κ2) is 5.50. The van der Waals surface area contributed by atoms with E-state index in [1.807, 2.05) is 0 Å². The van der Waals surface area contributed by atoms with E-state index in [2.05, 4.69) is 15.9 Å². The SMILES string of the molecule is Cl.N[C@@H](CO)c1cc(F)cc(Br)c1O. The number of phenols is 1. The molecule has 80 valence electrons. The number of benzene rings is 1. The van der Waals surface area contributed by atoms with Gasteiger partial charge in [-0.3, -0.25) is 0 Å². The van der Waals surface area contributed by atoms with Gasteiger partial charge in [0.15, 0.2) is 0 Å². The lowest BCUT2D eigenvalue weighted by molar-refractivity contribution is 0.265. The monoisotopic (exact) mass is 285 g/mol. The van der Waals surface area contributed by atoms with Gasteiger partial charge in [-0.2, -0.15) is 0 Å². The maximum Gasteiger partial charge on any atom is 0.134 e. The van der Waals surface area contributed by atoms with E-state index in [1.54, 1.807) is 0 Å². The Morgan fingerprint density at radius 2 is 2.07 bits per heavy atom. The average molecular weight is 287 g/mol. The van der Waals surface area contributed by atoms with Crippen LogP contribution in [-0.4, -0.2) is 16.8 Å². The van der Waals surface area contributed by atoms with Gasteiger partial charge in [0.25, 0.3) is 0 Å². The zero-order valence-corrected chi connectivity index (χ0v) is 9.48. The van der Waals surface area contributed by atoms with E-state index in [0.29, 0.717) is 0 Å². The fourth-order valence-electron chi connectivity index (χ4n) is 0.967. The van der Waals surface area contributed by atoms with Crippen LogP contribution in [0.4, 0.5) is 4.39 Å². The van der Waals surface area contributed by atoms with Gasteiger partial charge < -0.3 is 15.9 Å². The van der Waals surface area contributed by atoms with E-state index in [4.69, 9.17) is 10.8 Å². The largest absolute Gasteiger partial charge is 0.506 e. The van der Waals surface area contributed by atoms with Gasteiger partial charge in [0, 0.05) is 5.56 Å². The van der Waals surface area contributed by atoms with Crippen molar-refractivity contribution in [3.05, 3.63) is 28.0 Å². The Hall–Kier alpha value is -0.360. The lowest BCUT2D eigenvalue weighted by atomic mass is 10.1. The molecule has 14 heavy (non-hydrogen) atoms. The van der Waals surface area contributed by atoms with Crippen molar-refractivity contribution in [1.82, 2.24) is 0 Å². The van der Waals surface area contributed by atoms with Gasteiger partial charge in [-0.05, 0) is 28.1 Å². The highest BCUT2D eigenvalue weighted by Gasteiger charge is 2.13. The third kappa shape index (κ3) is 2.81. The molecule has 0 aliphatic rings. The van der Waals surface area contributed by atoms with Crippen LogP contribution in [0.2, 0.25) is 0 Å². The van der Waals surface area contributed by atoms with Gasteiger partial charge in [0.1, 0.15) is 11.6 Å². The van der Waals surface area contributed by atoms with Crippen molar-refractivity contribution in [2.75, 3.05) is 6.61 Å². The lowest BCUT2D eigenvalue weighted by Crippen LogP contribution is -2.14. The number of nitrogens with two attached hydrogens (primary N) is 1. The van der Waals surface area contributed by atoms with E-state index in [-0.39, 0.29) is 34.8 Å². The van der Waals surface area contributed by atoms with Crippen LogP contribution in [0.3, 0.4) is 0 Å². The second-order valence-electron chi connectivity index (χ2n) is 2.61. The molecule has 1 aromatic rings. The van der Waals surface area contributed by atoms with E-state index in [9.17, 15) is 9.50 Å². The van der Waals surface area contributed by atoms with Crippen LogP contribution < -0.4 is 5.73 Å². The summed E-state index contributed by atoms with van der Waals surface area (Å²) in [5.74, 6) is -0.647. The van der Waals surface area contributed by atoms with Crippen LogP contribution in [0.1, 0.15) is 11.6 Å². The molecule has 0 spiro atoms. The normalized spacial score (nSPS) is 12.0. The Bertz CT molecular complexity index is 324. The summed E-state index contributed by atoms with van der Waals surface area (Å²) >= 11 is 2.97. The Morgan fingerprint density at radius 3 is 2.57 bits per heavy atom. The van der Waals surface area contributed by atoms with Crippen molar-refractivity contribution in [2.24, 2.45) is 5.73 Å². The zero-order valence-electron chi connectivity index (χ0n) is 7.08. The third-order valence-corrected chi connectivity index (χ3v) is 2.26. The number of hydrogen-bond donors (Lipinski definition) is 3. The van der Waals surface area contributed by atoms with Crippen molar-refractivity contribution in [2.45, 2.75) is 6.04 Å². The number of rotatable bonds is 2. The first-order valence-electron chi connectivity index (χ1n) is 3.60. The predicted octanol–water partition coefficient (Wildman–Crippen LogP) is 1.71. The van der Waals surface area contributed by atoms with Gasteiger partial charge >= 0.3 is 0 Å². The summed E-state index contributed by atoms with van der Waals surface area (Å²) in [5.41, 5.74) is 5.62. The van der Waals surface area contributed by atoms with E-state index in [1.165, 1.54) is 0 Å². The summed E-state index contributed by atoms with van der Waals surface area (Å²) in [7, 11) is 0. The Balaban J connectivity index is 0.00000169. The molecule has 6 heteroatoms. The smallest absolute Gasteiger partial charge is 0.134 e. The molecule has 0 aliphatic carbocycles. The fraction of sp³-hybridized carbons (Fsp3) is 0.250.